The summed E-state index contributed by atoms with van der Waals surface area (Å²) in [6, 6.07) is 15.1. The summed E-state index contributed by atoms with van der Waals surface area (Å²) in [6.07, 6.45) is 3.79. The molecule has 2 rings (SSSR count). The monoisotopic (exact) mass is 224 g/mol. The van der Waals surface area contributed by atoms with Gasteiger partial charge in [0.25, 0.3) is 5.91 Å². The van der Waals surface area contributed by atoms with Crippen LogP contribution < -0.4 is 5.73 Å². The van der Waals surface area contributed by atoms with Crippen LogP contribution >= 0.6 is 0 Å². The molecule has 0 saturated carbocycles. The topological polar surface area (TPSA) is 56.0 Å². The standard InChI is InChI=1S/C14H12N2O/c15-14(17)13-8-4-7-12(16-13)10-9-11-5-2-1-3-6-11/h1-10H,(H2,15,17). The molecular formula is C14H12N2O. The lowest BCUT2D eigenvalue weighted by Crippen LogP contribution is -2.13. The first-order valence-electron chi connectivity index (χ1n) is 5.26. The lowest BCUT2D eigenvalue weighted by molar-refractivity contribution is 0.0995. The Kier molecular flexibility index (Phi) is 3.31. The number of pyridine rings is 1. The van der Waals surface area contributed by atoms with Gasteiger partial charge in [0.05, 0.1) is 5.69 Å². The zero-order valence-corrected chi connectivity index (χ0v) is 9.21. The van der Waals surface area contributed by atoms with Crippen molar-refractivity contribution in [1.29, 1.82) is 0 Å². The zero-order chi connectivity index (χ0) is 12.1. The van der Waals surface area contributed by atoms with Gasteiger partial charge in [0.1, 0.15) is 5.69 Å². The van der Waals surface area contributed by atoms with Gasteiger partial charge in [-0.15, -0.1) is 0 Å². The van der Waals surface area contributed by atoms with Gasteiger partial charge in [-0.2, -0.15) is 0 Å². The molecule has 0 bridgehead atoms. The van der Waals surface area contributed by atoms with Gasteiger partial charge >= 0.3 is 0 Å². The highest BCUT2D eigenvalue weighted by atomic mass is 16.1. The van der Waals surface area contributed by atoms with E-state index in [9.17, 15) is 4.79 Å². The van der Waals surface area contributed by atoms with Crippen molar-refractivity contribution in [3.05, 3.63) is 65.5 Å². The lowest BCUT2D eigenvalue weighted by Gasteiger charge is -1.97. The molecule has 0 spiro atoms. The number of hydrogen-bond acceptors (Lipinski definition) is 2. The van der Waals surface area contributed by atoms with Gasteiger partial charge in [-0.25, -0.2) is 4.98 Å². The Balaban J connectivity index is 2.22. The molecule has 0 aliphatic heterocycles. The van der Waals surface area contributed by atoms with Crippen molar-refractivity contribution in [2.75, 3.05) is 0 Å². The van der Waals surface area contributed by atoms with Gasteiger partial charge < -0.3 is 5.73 Å². The van der Waals surface area contributed by atoms with Gasteiger partial charge in [-0.3, -0.25) is 4.79 Å². The minimum Gasteiger partial charge on any atom is -0.364 e. The molecule has 2 aromatic rings. The molecule has 0 aliphatic rings. The Morgan fingerprint density at radius 2 is 1.76 bits per heavy atom. The minimum atomic E-state index is -0.514. The maximum absolute atomic E-state index is 11.0. The Labute approximate surface area is 99.6 Å². The molecule has 0 atom stereocenters. The molecule has 0 aliphatic carbocycles. The highest BCUT2D eigenvalue weighted by Gasteiger charge is 2.00. The maximum atomic E-state index is 11.0. The second-order valence-corrected chi connectivity index (χ2v) is 3.56. The van der Waals surface area contributed by atoms with Crippen LogP contribution in [0.25, 0.3) is 12.2 Å². The fourth-order valence-corrected chi connectivity index (χ4v) is 1.43. The Hall–Kier alpha value is -2.42. The first-order valence-corrected chi connectivity index (χ1v) is 5.26. The SMILES string of the molecule is NC(=O)c1cccc(C=Cc2ccccc2)n1. The van der Waals surface area contributed by atoms with E-state index in [0.717, 1.165) is 5.56 Å². The van der Waals surface area contributed by atoms with Gasteiger partial charge in [0.15, 0.2) is 0 Å². The van der Waals surface area contributed by atoms with E-state index >= 15 is 0 Å². The van der Waals surface area contributed by atoms with Crippen molar-refractivity contribution in [3.63, 3.8) is 0 Å². The average molecular weight is 224 g/mol. The van der Waals surface area contributed by atoms with E-state index in [0.29, 0.717) is 5.69 Å². The van der Waals surface area contributed by atoms with E-state index in [1.807, 2.05) is 48.6 Å². The number of aromatic nitrogens is 1. The Morgan fingerprint density at radius 3 is 2.47 bits per heavy atom. The van der Waals surface area contributed by atoms with Crippen molar-refractivity contribution in [2.24, 2.45) is 5.73 Å². The molecule has 2 N–H and O–H groups in total. The van der Waals surface area contributed by atoms with Gasteiger partial charge in [-0.05, 0) is 23.8 Å². The number of amides is 1. The number of benzene rings is 1. The summed E-state index contributed by atoms with van der Waals surface area (Å²) in [7, 11) is 0. The quantitative estimate of drug-likeness (QED) is 0.870. The highest BCUT2D eigenvalue weighted by molar-refractivity contribution is 5.91. The third kappa shape index (κ3) is 3.01. The summed E-state index contributed by atoms with van der Waals surface area (Å²) >= 11 is 0. The predicted molar refractivity (Wildman–Crippen MR) is 68.1 cm³/mol. The molecule has 84 valence electrons. The van der Waals surface area contributed by atoms with Crippen LogP contribution in [0.2, 0.25) is 0 Å². The van der Waals surface area contributed by atoms with Gasteiger partial charge in [0, 0.05) is 0 Å². The molecule has 0 fully saturated rings. The van der Waals surface area contributed by atoms with Crippen molar-refractivity contribution >= 4 is 18.1 Å². The number of carbonyl (C=O) groups excluding carboxylic acids is 1. The molecule has 17 heavy (non-hydrogen) atoms. The Bertz CT molecular complexity index is 547. The molecule has 1 heterocycles. The fourth-order valence-electron chi connectivity index (χ4n) is 1.43. The smallest absolute Gasteiger partial charge is 0.267 e. The molecule has 0 unspecified atom stereocenters. The first kappa shape index (κ1) is 11.1. The number of primary amides is 1. The van der Waals surface area contributed by atoms with Crippen LogP contribution in [0.3, 0.4) is 0 Å². The predicted octanol–water partition coefficient (Wildman–Crippen LogP) is 2.35. The molecule has 3 nitrogen and oxygen atoms in total. The van der Waals surface area contributed by atoms with E-state index in [1.165, 1.54) is 0 Å². The third-order valence-electron chi connectivity index (χ3n) is 2.27. The number of hydrogen-bond donors (Lipinski definition) is 1. The van der Waals surface area contributed by atoms with Gasteiger partial charge in [0.2, 0.25) is 0 Å². The maximum Gasteiger partial charge on any atom is 0.267 e. The Morgan fingerprint density at radius 1 is 1.00 bits per heavy atom. The van der Waals surface area contributed by atoms with Crippen molar-refractivity contribution in [2.45, 2.75) is 0 Å². The van der Waals surface area contributed by atoms with Crippen LogP contribution in [0.4, 0.5) is 0 Å². The molecule has 0 saturated heterocycles. The van der Waals surface area contributed by atoms with Crippen LogP contribution in [0.5, 0.6) is 0 Å². The van der Waals surface area contributed by atoms with Crippen LogP contribution in [-0.4, -0.2) is 10.9 Å². The fraction of sp³-hybridized carbons (Fsp3) is 0. The van der Waals surface area contributed by atoms with E-state index in [2.05, 4.69) is 4.98 Å². The van der Waals surface area contributed by atoms with Crippen LogP contribution in [0, 0.1) is 0 Å². The van der Waals surface area contributed by atoms with Gasteiger partial charge in [-0.1, -0.05) is 42.5 Å². The number of carbonyl (C=O) groups is 1. The normalized spacial score (nSPS) is 10.6. The summed E-state index contributed by atoms with van der Waals surface area (Å²) in [5.41, 5.74) is 7.24. The van der Waals surface area contributed by atoms with Crippen LogP contribution in [0.1, 0.15) is 21.7 Å². The highest BCUT2D eigenvalue weighted by Crippen LogP contribution is 2.06. The summed E-state index contributed by atoms with van der Waals surface area (Å²) in [5, 5.41) is 0. The molecule has 3 heteroatoms. The second kappa shape index (κ2) is 5.07. The summed E-state index contributed by atoms with van der Waals surface area (Å²) in [6.45, 7) is 0. The first-order chi connectivity index (χ1) is 8.25. The molecule has 1 aromatic carbocycles. The van der Waals surface area contributed by atoms with E-state index in [1.54, 1.807) is 12.1 Å². The molecule has 0 radical (unpaired) electrons. The average Bonchev–Trinajstić information content (AvgIpc) is 2.38. The summed E-state index contributed by atoms with van der Waals surface area (Å²) in [5.74, 6) is -0.514. The molecule has 1 aromatic heterocycles. The number of nitrogens with zero attached hydrogens (tertiary/aromatic N) is 1. The summed E-state index contributed by atoms with van der Waals surface area (Å²) in [4.78, 5) is 15.1. The summed E-state index contributed by atoms with van der Waals surface area (Å²) < 4.78 is 0. The second-order valence-electron chi connectivity index (χ2n) is 3.56. The lowest BCUT2D eigenvalue weighted by atomic mass is 10.2. The van der Waals surface area contributed by atoms with E-state index < -0.39 is 5.91 Å². The minimum absolute atomic E-state index is 0.278. The molecular weight excluding hydrogens is 212 g/mol. The zero-order valence-electron chi connectivity index (χ0n) is 9.21. The molecule has 1 amide bonds. The number of rotatable bonds is 3. The van der Waals surface area contributed by atoms with E-state index in [-0.39, 0.29) is 5.69 Å². The van der Waals surface area contributed by atoms with Crippen LogP contribution in [-0.2, 0) is 0 Å². The van der Waals surface area contributed by atoms with Crippen molar-refractivity contribution < 1.29 is 4.79 Å². The van der Waals surface area contributed by atoms with Crippen molar-refractivity contribution in [1.82, 2.24) is 4.98 Å². The van der Waals surface area contributed by atoms with E-state index in [4.69, 9.17) is 5.73 Å². The largest absolute Gasteiger partial charge is 0.364 e. The third-order valence-corrected chi connectivity index (χ3v) is 2.27. The number of nitrogens with two attached hydrogens (primary N) is 1. The van der Waals surface area contributed by atoms with Crippen molar-refractivity contribution in [3.8, 4) is 0 Å². The van der Waals surface area contributed by atoms with Crippen LogP contribution in [0.15, 0.2) is 48.5 Å².